The number of carbonyl (C=O) groups is 2. The van der Waals surface area contributed by atoms with Crippen molar-refractivity contribution >= 4 is 12.4 Å². The van der Waals surface area contributed by atoms with E-state index < -0.39 is 11.8 Å². The van der Waals surface area contributed by atoms with E-state index in [1.165, 1.54) is 6.92 Å². The number of methoxy groups -OCH3 is 1. The molecule has 206 valence electrons. The van der Waals surface area contributed by atoms with Crippen molar-refractivity contribution in [1.29, 1.82) is 0 Å². The minimum absolute atomic E-state index is 0.000238. The topological polar surface area (TPSA) is 114 Å². The summed E-state index contributed by atoms with van der Waals surface area (Å²) in [6.45, 7) is 9.51. The summed E-state index contributed by atoms with van der Waals surface area (Å²) in [5, 5.41) is 6.42. The van der Waals surface area contributed by atoms with Crippen LogP contribution in [0.2, 0.25) is 0 Å². The van der Waals surface area contributed by atoms with Crippen LogP contribution in [0.3, 0.4) is 0 Å². The predicted molar refractivity (Wildman–Crippen MR) is 135 cm³/mol. The van der Waals surface area contributed by atoms with Gasteiger partial charge in [0.25, 0.3) is 6.47 Å². The number of amides is 1. The Morgan fingerprint density at radius 1 is 1.17 bits per heavy atom. The van der Waals surface area contributed by atoms with E-state index in [9.17, 15) is 9.59 Å². The molecule has 5 atom stereocenters. The summed E-state index contributed by atoms with van der Waals surface area (Å²) < 4.78 is 32.7. The van der Waals surface area contributed by atoms with Crippen LogP contribution in [0.1, 0.15) is 40.0 Å². The van der Waals surface area contributed by atoms with Crippen LogP contribution in [-0.2, 0) is 38.0 Å². The molecule has 36 heavy (non-hydrogen) atoms. The zero-order valence-electron chi connectivity index (χ0n) is 22.2. The fraction of sp³-hybridized carbons (Fsp3) is 0.769. The van der Waals surface area contributed by atoms with E-state index in [2.05, 4.69) is 23.5 Å². The monoisotopic (exact) mass is 512 g/mol. The van der Waals surface area contributed by atoms with Gasteiger partial charge in [0.05, 0.1) is 57.9 Å². The minimum atomic E-state index is -0.591. The summed E-state index contributed by atoms with van der Waals surface area (Å²) >= 11 is 0. The first-order chi connectivity index (χ1) is 17.4. The summed E-state index contributed by atoms with van der Waals surface area (Å²) in [6, 6.07) is -0.512. The maximum Gasteiger partial charge on any atom is 0.294 e. The van der Waals surface area contributed by atoms with Crippen LogP contribution in [0.15, 0.2) is 12.2 Å². The third-order valence-electron chi connectivity index (χ3n) is 6.03. The molecule has 0 aromatic carbocycles. The highest BCUT2D eigenvalue weighted by Gasteiger charge is 2.46. The van der Waals surface area contributed by atoms with E-state index in [0.29, 0.717) is 59.1 Å². The summed E-state index contributed by atoms with van der Waals surface area (Å²) in [6.07, 6.45) is 10.9. The Kier molecular flexibility index (Phi) is 17.0. The fourth-order valence-electron chi connectivity index (χ4n) is 4.30. The lowest BCUT2D eigenvalue weighted by Gasteiger charge is -2.41. The molecule has 1 fully saturated rings. The van der Waals surface area contributed by atoms with Crippen molar-refractivity contribution in [1.82, 2.24) is 10.6 Å². The second kappa shape index (κ2) is 19.2. The highest BCUT2D eigenvalue weighted by Crippen LogP contribution is 2.32. The smallest absolute Gasteiger partial charge is 0.294 e. The lowest BCUT2D eigenvalue weighted by atomic mass is 9.81. The predicted octanol–water partition coefficient (Wildman–Crippen LogP) is 1.43. The molecule has 10 heteroatoms. The molecule has 0 spiro atoms. The van der Waals surface area contributed by atoms with E-state index in [-0.39, 0.29) is 30.5 Å². The van der Waals surface area contributed by atoms with Crippen LogP contribution in [0.4, 0.5) is 0 Å². The highest BCUT2D eigenvalue weighted by molar-refractivity contribution is 5.73. The molecule has 0 aromatic heterocycles. The SMILES string of the molecule is C#CCOCCOCCOCCOC/C=C\[C@@H]1C[C@H](OC=O)N[C@H]1[C@@H](NC(C)=O)[C@](C)(CCC)OC. The third-order valence-corrected chi connectivity index (χ3v) is 6.03. The van der Waals surface area contributed by atoms with Gasteiger partial charge in [-0.2, -0.15) is 0 Å². The van der Waals surface area contributed by atoms with E-state index in [1.54, 1.807) is 7.11 Å². The first-order valence-electron chi connectivity index (χ1n) is 12.5. The van der Waals surface area contributed by atoms with Gasteiger partial charge in [-0.3, -0.25) is 14.9 Å². The molecule has 0 saturated carbocycles. The van der Waals surface area contributed by atoms with E-state index in [1.807, 2.05) is 19.1 Å². The summed E-state index contributed by atoms with van der Waals surface area (Å²) in [5.41, 5.74) is -0.591. The minimum Gasteiger partial charge on any atom is -0.449 e. The first-order valence-corrected chi connectivity index (χ1v) is 12.5. The quantitative estimate of drug-likeness (QED) is 0.102. The maximum atomic E-state index is 12.0. The molecule has 0 aliphatic carbocycles. The van der Waals surface area contributed by atoms with Crippen LogP contribution < -0.4 is 10.6 Å². The van der Waals surface area contributed by atoms with Crippen molar-refractivity contribution in [2.75, 3.05) is 60.0 Å². The number of ether oxygens (including phenoxy) is 6. The number of nitrogens with one attached hydrogen (secondary N) is 2. The molecule has 0 radical (unpaired) electrons. The van der Waals surface area contributed by atoms with Crippen LogP contribution in [-0.4, -0.2) is 96.3 Å². The molecule has 1 heterocycles. The molecule has 2 N–H and O–H groups in total. The van der Waals surface area contributed by atoms with Crippen molar-refractivity contribution in [3.8, 4) is 12.3 Å². The molecule has 1 rings (SSSR count). The van der Waals surface area contributed by atoms with Gasteiger partial charge < -0.3 is 33.7 Å². The van der Waals surface area contributed by atoms with Gasteiger partial charge in [-0.05, 0) is 19.3 Å². The zero-order valence-corrected chi connectivity index (χ0v) is 22.2. The summed E-state index contributed by atoms with van der Waals surface area (Å²) in [7, 11) is 1.65. The van der Waals surface area contributed by atoms with Gasteiger partial charge in [-0.1, -0.05) is 31.4 Å². The van der Waals surface area contributed by atoms with Crippen LogP contribution in [0, 0.1) is 18.3 Å². The lowest BCUT2D eigenvalue weighted by Crippen LogP contribution is -2.62. The molecular formula is C26H44N2O8. The average molecular weight is 513 g/mol. The molecule has 1 aliphatic heterocycles. The van der Waals surface area contributed by atoms with Crippen molar-refractivity contribution in [2.24, 2.45) is 5.92 Å². The second-order valence-electron chi connectivity index (χ2n) is 8.74. The average Bonchev–Trinajstić information content (AvgIpc) is 3.25. The van der Waals surface area contributed by atoms with Crippen LogP contribution in [0.25, 0.3) is 0 Å². The molecule has 10 nitrogen and oxygen atoms in total. The highest BCUT2D eigenvalue weighted by atomic mass is 16.6. The Balaban J connectivity index is 2.51. The molecule has 0 aromatic rings. The van der Waals surface area contributed by atoms with Gasteiger partial charge in [0, 0.05) is 26.5 Å². The largest absolute Gasteiger partial charge is 0.449 e. The molecule has 1 aliphatic rings. The Labute approximate surface area is 215 Å². The van der Waals surface area contributed by atoms with Gasteiger partial charge in [0.1, 0.15) is 6.61 Å². The number of hydrogen-bond acceptors (Lipinski definition) is 9. The number of carbonyl (C=O) groups excluding carboxylic acids is 2. The zero-order chi connectivity index (χ0) is 26.7. The van der Waals surface area contributed by atoms with E-state index >= 15 is 0 Å². The Hall–Kier alpha value is -2.00. The van der Waals surface area contributed by atoms with Crippen LogP contribution in [0.5, 0.6) is 0 Å². The number of hydrogen-bond donors (Lipinski definition) is 2. The Morgan fingerprint density at radius 3 is 2.36 bits per heavy atom. The van der Waals surface area contributed by atoms with Crippen molar-refractivity contribution < 1.29 is 38.0 Å². The Bertz CT molecular complexity index is 683. The van der Waals surface area contributed by atoms with Gasteiger partial charge in [-0.25, -0.2) is 0 Å². The number of terminal acetylenes is 1. The van der Waals surface area contributed by atoms with E-state index in [0.717, 1.165) is 12.8 Å². The first kappa shape index (κ1) is 32.0. The fourth-order valence-corrected chi connectivity index (χ4v) is 4.30. The molecule has 0 bridgehead atoms. The summed E-state index contributed by atoms with van der Waals surface area (Å²) in [4.78, 5) is 23.0. The van der Waals surface area contributed by atoms with Crippen molar-refractivity contribution in [3.05, 3.63) is 12.2 Å². The maximum absolute atomic E-state index is 12.0. The summed E-state index contributed by atoms with van der Waals surface area (Å²) in [5.74, 6) is 2.25. The van der Waals surface area contributed by atoms with Crippen LogP contribution >= 0.6 is 0 Å². The van der Waals surface area contributed by atoms with Gasteiger partial charge in [0.2, 0.25) is 5.91 Å². The van der Waals surface area contributed by atoms with E-state index in [4.69, 9.17) is 34.8 Å². The Morgan fingerprint density at radius 2 is 1.81 bits per heavy atom. The normalized spacial score (nSPS) is 22.1. The van der Waals surface area contributed by atoms with Gasteiger partial charge in [0.15, 0.2) is 6.23 Å². The molecule has 1 saturated heterocycles. The van der Waals surface area contributed by atoms with Crippen molar-refractivity contribution in [2.45, 2.75) is 63.9 Å². The second-order valence-corrected chi connectivity index (χ2v) is 8.74. The molecule has 0 unspecified atom stereocenters. The third kappa shape index (κ3) is 12.3. The standard InChI is InChI=1S/C26H44N2O8/c1-6-10-26(4,31-5)25(27-21(3)30)24-22(19-23(28-24)36-20-29)9-8-12-33-14-16-35-18-17-34-15-13-32-11-7-2/h2,8-9,20,22-25,28H,6,10-19H2,1,3-5H3,(H,27,30)/b9-8-/t22-,23+,24-,25-,26+/m1/s1. The lowest BCUT2D eigenvalue weighted by molar-refractivity contribution is -0.135. The van der Waals surface area contributed by atoms with Crippen molar-refractivity contribution in [3.63, 3.8) is 0 Å². The number of rotatable bonds is 21. The molecular weight excluding hydrogens is 468 g/mol. The van der Waals surface area contributed by atoms with Gasteiger partial charge in [-0.15, -0.1) is 6.42 Å². The van der Waals surface area contributed by atoms with Gasteiger partial charge >= 0.3 is 0 Å². The molecule has 1 amide bonds.